The highest BCUT2D eigenvalue weighted by Gasteiger charge is 2.37. The average Bonchev–Trinajstić information content (AvgIpc) is 3.64. The summed E-state index contributed by atoms with van der Waals surface area (Å²) in [7, 11) is -3.29. The van der Waals surface area contributed by atoms with Gasteiger partial charge in [-0.2, -0.15) is 0 Å². The number of hydrogen-bond acceptors (Lipinski definition) is 6. The van der Waals surface area contributed by atoms with Crippen LogP contribution in [0.5, 0.6) is 0 Å². The van der Waals surface area contributed by atoms with Crippen molar-refractivity contribution in [2.45, 2.75) is 94.7 Å². The van der Waals surface area contributed by atoms with Gasteiger partial charge < -0.3 is 5.32 Å². The first kappa shape index (κ1) is 24.3. The lowest BCUT2D eigenvalue weighted by Crippen LogP contribution is -2.26. The summed E-state index contributed by atoms with van der Waals surface area (Å²) in [6.45, 7) is 4.17. The van der Waals surface area contributed by atoms with E-state index in [-0.39, 0.29) is 22.6 Å². The molecule has 2 heterocycles. The van der Waals surface area contributed by atoms with Crippen LogP contribution < -0.4 is 5.32 Å². The molecular formula is C24H34N4O3S. The van der Waals surface area contributed by atoms with Crippen LogP contribution in [0.25, 0.3) is 0 Å². The largest absolute Gasteiger partial charge is 0.345 e. The summed E-state index contributed by atoms with van der Waals surface area (Å²) in [6, 6.07) is 3.07. The third kappa shape index (κ3) is 6.82. The minimum absolute atomic E-state index is 0.138. The van der Waals surface area contributed by atoms with Crippen molar-refractivity contribution in [3.05, 3.63) is 47.3 Å². The number of sulfone groups is 1. The fraction of sp³-hybridized carbons (Fsp3) is 0.583. The van der Waals surface area contributed by atoms with E-state index in [1.807, 2.05) is 6.92 Å². The number of nitrogens with zero attached hydrogens (tertiary/aromatic N) is 3. The maximum absolute atomic E-state index is 12.8. The first-order valence-electron chi connectivity index (χ1n) is 11.7. The number of pyridine rings is 1. The molecule has 0 aliphatic heterocycles. The van der Waals surface area contributed by atoms with E-state index in [0.717, 1.165) is 19.3 Å². The van der Waals surface area contributed by atoms with Gasteiger partial charge in [-0.05, 0) is 44.7 Å². The number of unbranched alkanes of at least 4 members (excludes halogenated alkanes) is 6. The number of carbonyl (C=O) groups excluding carboxylic acids is 1. The van der Waals surface area contributed by atoms with E-state index in [1.165, 1.54) is 44.4 Å². The van der Waals surface area contributed by atoms with Crippen molar-refractivity contribution in [1.29, 1.82) is 0 Å². The van der Waals surface area contributed by atoms with Crippen molar-refractivity contribution in [3.63, 3.8) is 0 Å². The number of hydrogen-bond donors (Lipinski definition) is 1. The lowest BCUT2D eigenvalue weighted by Gasteiger charge is -2.10. The maximum atomic E-state index is 12.8. The highest BCUT2D eigenvalue weighted by atomic mass is 32.2. The maximum Gasteiger partial charge on any atom is 0.272 e. The van der Waals surface area contributed by atoms with Gasteiger partial charge in [-0.15, -0.1) is 0 Å². The van der Waals surface area contributed by atoms with Gasteiger partial charge in [0, 0.05) is 12.4 Å². The van der Waals surface area contributed by atoms with Gasteiger partial charge in [0.2, 0.25) is 0 Å². The first-order chi connectivity index (χ1) is 15.4. The van der Waals surface area contributed by atoms with Crippen molar-refractivity contribution in [1.82, 2.24) is 20.3 Å². The Balaban J connectivity index is 1.57. The smallest absolute Gasteiger partial charge is 0.272 e. The summed E-state index contributed by atoms with van der Waals surface area (Å²) < 4.78 is 24.9. The Labute approximate surface area is 191 Å². The summed E-state index contributed by atoms with van der Waals surface area (Å²) in [4.78, 5) is 26.2. The van der Waals surface area contributed by atoms with Crippen LogP contribution in [0.4, 0.5) is 0 Å². The van der Waals surface area contributed by atoms with E-state index in [0.29, 0.717) is 35.6 Å². The second kappa shape index (κ2) is 11.5. The van der Waals surface area contributed by atoms with E-state index < -0.39 is 9.84 Å². The molecule has 3 rings (SSSR count). The number of aryl methyl sites for hydroxylation is 2. The van der Waals surface area contributed by atoms with Crippen LogP contribution >= 0.6 is 0 Å². The molecule has 0 atom stereocenters. The molecule has 0 spiro atoms. The zero-order valence-corrected chi connectivity index (χ0v) is 20.0. The minimum atomic E-state index is -3.29. The molecule has 8 heteroatoms. The Morgan fingerprint density at radius 2 is 1.81 bits per heavy atom. The lowest BCUT2D eigenvalue weighted by atomic mass is 10.1. The topological polar surface area (TPSA) is 102 Å². The summed E-state index contributed by atoms with van der Waals surface area (Å²) in [5.74, 6) is -0.309. The van der Waals surface area contributed by atoms with Gasteiger partial charge in [-0.1, -0.05) is 45.4 Å². The molecule has 0 aromatic carbocycles. The molecule has 2 aromatic rings. The summed E-state index contributed by atoms with van der Waals surface area (Å²) in [5.41, 5.74) is 2.25. The first-order valence-corrected chi connectivity index (χ1v) is 13.3. The standard InChI is InChI=1S/C24H34N4O3S/c1-3-4-5-6-7-8-9-10-22-23(28-18(2)16-26-22)24(29)27-17-19-15-21(13-14-25-19)32(30,31)20-11-12-20/h13-16,20H,3-12,17H2,1-2H3,(H,27,29). The molecule has 0 unspecified atom stereocenters. The Kier molecular flexibility index (Phi) is 8.73. The molecule has 1 N–H and O–H groups in total. The Hall–Kier alpha value is -2.35. The number of amides is 1. The lowest BCUT2D eigenvalue weighted by molar-refractivity contribution is 0.0943. The Morgan fingerprint density at radius 1 is 1.09 bits per heavy atom. The van der Waals surface area contributed by atoms with Crippen LogP contribution in [0.1, 0.15) is 92.3 Å². The van der Waals surface area contributed by atoms with Gasteiger partial charge >= 0.3 is 0 Å². The minimum Gasteiger partial charge on any atom is -0.345 e. The van der Waals surface area contributed by atoms with Crippen molar-refractivity contribution in [2.75, 3.05) is 0 Å². The van der Waals surface area contributed by atoms with Gasteiger partial charge in [0.15, 0.2) is 9.84 Å². The van der Waals surface area contributed by atoms with Crippen LogP contribution in [-0.4, -0.2) is 34.5 Å². The normalized spacial score (nSPS) is 13.8. The molecule has 174 valence electrons. The molecule has 32 heavy (non-hydrogen) atoms. The average molecular weight is 459 g/mol. The van der Waals surface area contributed by atoms with Gasteiger partial charge in [-0.3, -0.25) is 14.8 Å². The molecule has 2 aromatic heterocycles. The van der Waals surface area contributed by atoms with Crippen LogP contribution in [0.2, 0.25) is 0 Å². The number of rotatable bonds is 13. The molecule has 0 radical (unpaired) electrons. The predicted octanol–water partition coefficient (Wildman–Crippen LogP) is 4.34. The molecule has 0 saturated heterocycles. The van der Waals surface area contributed by atoms with Crippen molar-refractivity contribution >= 4 is 15.7 Å². The molecule has 1 saturated carbocycles. The van der Waals surface area contributed by atoms with Gasteiger partial charge in [0.25, 0.3) is 5.91 Å². The molecule has 1 aliphatic rings. The third-order valence-corrected chi connectivity index (χ3v) is 7.97. The Morgan fingerprint density at radius 3 is 2.53 bits per heavy atom. The number of carbonyl (C=O) groups is 1. The van der Waals surface area contributed by atoms with Crippen LogP contribution in [0, 0.1) is 6.92 Å². The molecular weight excluding hydrogens is 424 g/mol. The SMILES string of the molecule is CCCCCCCCCc1ncc(C)nc1C(=O)NCc1cc(S(=O)(=O)C2CC2)ccn1. The monoisotopic (exact) mass is 458 g/mol. The van der Waals surface area contributed by atoms with Crippen LogP contribution in [0.15, 0.2) is 29.4 Å². The molecule has 0 bridgehead atoms. The van der Waals surface area contributed by atoms with E-state index in [2.05, 4.69) is 27.2 Å². The van der Waals surface area contributed by atoms with E-state index >= 15 is 0 Å². The van der Waals surface area contributed by atoms with Gasteiger partial charge in [-0.25, -0.2) is 13.4 Å². The zero-order chi connectivity index (χ0) is 23.0. The molecule has 1 amide bonds. The molecule has 7 nitrogen and oxygen atoms in total. The zero-order valence-electron chi connectivity index (χ0n) is 19.1. The fourth-order valence-corrected chi connectivity index (χ4v) is 5.36. The summed E-state index contributed by atoms with van der Waals surface area (Å²) in [6.07, 6.45) is 13.7. The molecule has 1 fully saturated rings. The second-order valence-electron chi connectivity index (χ2n) is 8.59. The highest BCUT2D eigenvalue weighted by molar-refractivity contribution is 7.92. The van der Waals surface area contributed by atoms with E-state index in [9.17, 15) is 13.2 Å². The highest BCUT2D eigenvalue weighted by Crippen LogP contribution is 2.33. The van der Waals surface area contributed by atoms with Gasteiger partial charge in [0.1, 0.15) is 5.69 Å². The van der Waals surface area contributed by atoms with Crippen LogP contribution in [0.3, 0.4) is 0 Å². The number of nitrogens with one attached hydrogen (secondary N) is 1. The summed E-state index contributed by atoms with van der Waals surface area (Å²) in [5, 5.41) is 2.56. The third-order valence-electron chi connectivity index (χ3n) is 5.71. The fourth-order valence-electron chi connectivity index (χ4n) is 3.67. The quantitative estimate of drug-likeness (QED) is 0.448. The van der Waals surface area contributed by atoms with Crippen LogP contribution in [-0.2, 0) is 22.8 Å². The Bertz CT molecular complexity index is 1020. The second-order valence-corrected chi connectivity index (χ2v) is 10.8. The van der Waals surface area contributed by atoms with E-state index in [1.54, 1.807) is 12.3 Å². The van der Waals surface area contributed by atoms with Crippen molar-refractivity contribution in [3.8, 4) is 0 Å². The van der Waals surface area contributed by atoms with E-state index in [4.69, 9.17) is 0 Å². The van der Waals surface area contributed by atoms with Gasteiger partial charge in [0.05, 0.1) is 33.8 Å². The summed E-state index contributed by atoms with van der Waals surface area (Å²) >= 11 is 0. The molecule has 1 aliphatic carbocycles. The van der Waals surface area contributed by atoms with Crippen molar-refractivity contribution < 1.29 is 13.2 Å². The van der Waals surface area contributed by atoms with Crippen molar-refractivity contribution in [2.24, 2.45) is 0 Å². The predicted molar refractivity (Wildman–Crippen MR) is 124 cm³/mol. The number of aromatic nitrogens is 3.